The Morgan fingerprint density at radius 1 is 1.25 bits per heavy atom. The van der Waals surface area contributed by atoms with Crippen LogP contribution in [-0.4, -0.2) is 11.9 Å². The van der Waals surface area contributed by atoms with E-state index in [-0.39, 0.29) is 11.9 Å². The van der Waals surface area contributed by atoms with Crippen LogP contribution < -0.4 is 11.1 Å². The maximum absolute atomic E-state index is 12.0. The Bertz CT molecular complexity index is 610. The summed E-state index contributed by atoms with van der Waals surface area (Å²) in [4.78, 5) is 12.0. The summed E-state index contributed by atoms with van der Waals surface area (Å²) in [5, 5.41) is 5.13. The van der Waals surface area contributed by atoms with Crippen LogP contribution in [0.1, 0.15) is 26.2 Å². The molecule has 4 heteroatoms. The Morgan fingerprint density at radius 2 is 1.95 bits per heavy atom. The second kappa shape index (κ2) is 6.86. The zero-order chi connectivity index (χ0) is 14.5. The van der Waals surface area contributed by atoms with Crippen molar-refractivity contribution in [1.29, 1.82) is 0 Å². The number of fused-ring (bicyclic) bond motifs is 1. The van der Waals surface area contributed by atoms with Crippen molar-refractivity contribution in [3.05, 3.63) is 40.9 Å². The van der Waals surface area contributed by atoms with Crippen LogP contribution in [0, 0.1) is 0 Å². The van der Waals surface area contributed by atoms with E-state index >= 15 is 0 Å². The highest BCUT2D eigenvalue weighted by Gasteiger charge is 2.08. The molecule has 0 saturated carbocycles. The number of nitrogens with two attached hydrogens (primary N) is 1. The summed E-state index contributed by atoms with van der Waals surface area (Å²) in [5.41, 5.74) is 6.54. The highest BCUT2D eigenvalue weighted by molar-refractivity contribution is 9.10. The van der Waals surface area contributed by atoms with Gasteiger partial charge in [-0.2, -0.15) is 0 Å². The van der Waals surface area contributed by atoms with Gasteiger partial charge in [-0.3, -0.25) is 4.79 Å². The third-order valence-electron chi connectivity index (χ3n) is 3.21. The van der Waals surface area contributed by atoms with Crippen LogP contribution in [0.3, 0.4) is 0 Å². The fourth-order valence-corrected chi connectivity index (χ4v) is 2.65. The van der Waals surface area contributed by atoms with Crippen LogP contribution in [-0.2, 0) is 4.79 Å². The van der Waals surface area contributed by atoms with Crippen molar-refractivity contribution in [3.63, 3.8) is 0 Å². The van der Waals surface area contributed by atoms with Gasteiger partial charge in [0.2, 0.25) is 5.91 Å². The van der Waals surface area contributed by atoms with Crippen molar-refractivity contribution < 1.29 is 4.79 Å². The zero-order valence-electron chi connectivity index (χ0n) is 11.5. The smallest absolute Gasteiger partial charge is 0.224 e. The van der Waals surface area contributed by atoms with Crippen LogP contribution in [0.15, 0.2) is 40.9 Å². The Hall–Kier alpha value is -1.39. The Balaban J connectivity index is 2.10. The molecular formula is C16H19BrN2O. The van der Waals surface area contributed by atoms with Crippen molar-refractivity contribution in [2.75, 3.05) is 5.32 Å². The molecule has 0 aromatic heterocycles. The normalized spacial score (nSPS) is 12.3. The largest absolute Gasteiger partial charge is 0.328 e. The molecule has 0 bridgehead atoms. The van der Waals surface area contributed by atoms with Crippen molar-refractivity contribution in [3.8, 4) is 0 Å². The summed E-state index contributed by atoms with van der Waals surface area (Å²) in [5.74, 6) is 0.0399. The Labute approximate surface area is 127 Å². The SMILES string of the molecule is CC(N)CCCC(=O)Nc1ccc(Br)c2ccccc12. The zero-order valence-corrected chi connectivity index (χ0v) is 13.1. The lowest BCUT2D eigenvalue weighted by atomic mass is 10.1. The second-order valence-corrected chi connectivity index (χ2v) is 5.91. The van der Waals surface area contributed by atoms with Crippen molar-refractivity contribution in [2.24, 2.45) is 5.73 Å². The maximum atomic E-state index is 12.0. The number of carbonyl (C=O) groups excluding carboxylic acids is 1. The highest BCUT2D eigenvalue weighted by atomic mass is 79.9. The van der Waals surface area contributed by atoms with E-state index in [4.69, 9.17) is 5.73 Å². The minimum atomic E-state index is 0.0399. The van der Waals surface area contributed by atoms with Crippen LogP contribution in [0.5, 0.6) is 0 Å². The van der Waals surface area contributed by atoms with Gasteiger partial charge < -0.3 is 11.1 Å². The number of rotatable bonds is 5. The summed E-state index contributed by atoms with van der Waals surface area (Å²) in [7, 11) is 0. The average molecular weight is 335 g/mol. The van der Waals surface area contributed by atoms with Gasteiger partial charge in [-0.05, 0) is 37.3 Å². The van der Waals surface area contributed by atoms with Gasteiger partial charge in [-0.1, -0.05) is 40.2 Å². The van der Waals surface area contributed by atoms with E-state index in [0.29, 0.717) is 6.42 Å². The summed E-state index contributed by atoms with van der Waals surface area (Å²) < 4.78 is 1.03. The van der Waals surface area contributed by atoms with E-state index in [1.165, 1.54) is 0 Å². The van der Waals surface area contributed by atoms with Gasteiger partial charge in [0.25, 0.3) is 0 Å². The monoisotopic (exact) mass is 334 g/mol. The first-order valence-electron chi connectivity index (χ1n) is 6.80. The van der Waals surface area contributed by atoms with E-state index in [1.807, 2.05) is 43.3 Å². The lowest BCUT2D eigenvalue weighted by Crippen LogP contribution is -2.16. The molecule has 0 saturated heterocycles. The van der Waals surface area contributed by atoms with E-state index < -0.39 is 0 Å². The third kappa shape index (κ3) is 3.81. The molecule has 0 spiro atoms. The molecule has 1 unspecified atom stereocenters. The summed E-state index contributed by atoms with van der Waals surface area (Å²) in [6.07, 6.45) is 2.19. The first kappa shape index (κ1) is 15.0. The molecule has 20 heavy (non-hydrogen) atoms. The molecule has 0 aliphatic carbocycles. The van der Waals surface area contributed by atoms with Crippen molar-refractivity contribution >= 4 is 38.3 Å². The number of hydrogen-bond acceptors (Lipinski definition) is 2. The number of carbonyl (C=O) groups is 1. The van der Waals surface area contributed by atoms with Gasteiger partial charge in [-0.15, -0.1) is 0 Å². The molecule has 3 N–H and O–H groups in total. The Kier molecular flexibility index (Phi) is 5.15. The second-order valence-electron chi connectivity index (χ2n) is 5.06. The first-order chi connectivity index (χ1) is 9.58. The molecular weight excluding hydrogens is 316 g/mol. The maximum Gasteiger partial charge on any atom is 0.224 e. The molecule has 2 aromatic carbocycles. The number of anilines is 1. The predicted molar refractivity (Wildman–Crippen MR) is 87.8 cm³/mol. The minimum absolute atomic E-state index is 0.0399. The molecule has 1 amide bonds. The Morgan fingerprint density at radius 3 is 2.65 bits per heavy atom. The summed E-state index contributed by atoms with van der Waals surface area (Å²) >= 11 is 3.53. The predicted octanol–water partition coefficient (Wildman–Crippen LogP) is 4.06. The van der Waals surface area contributed by atoms with E-state index in [1.54, 1.807) is 0 Å². The van der Waals surface area contributed by atoms with Crippen LogP contribution in [0.2, 0.25) is 0 Å². The van der Waals surface area contributed by atoms with Gasteiger partial charge in [-0.25, -0.2) is 0 Å². The van der Waals surface area contributed by atoms with Gasteiger partial charge in [0.1, 0.15) is 0 Å². The molecule has 0 fully saturated rings. The standard InChI is InChI=1S/C16H19BrN2O/c1-11(18)5-4-8-16(20)19-15-10-9-14(17)12-6-2-3-7-13(12)15/h2-3,6-7,9-11H,4-5,8,18H2,1H3,(H,19,20). The topological polar surface area (TPSA) is 55.1 Å². The highest BCUT2D eigenvalue weighted by Crippen LogP contribution is 2.30. The van der Waals surface area contributed by atoms with Crippen molar-refractivity contribution in [2.45, 2.75) is 32.2 Å². The molecule has 106 valence electrons. The fourth-order valence-electron chi connectivity index (χ4n) is 2.17. The number of nitrogens with one attached hydrogen (secondary N) is 1. The van der Waals surface area contributed by atoms with Gasteiger partial charge in [0.05, 0.1) is 0 Å². The van der Waals surface area contributed by atoms with Crippen LogP contribution >= 0.6 is 15.9 Å². The summed E-state index contributed by atoms with van der Waals surface area (Å²) in [6, 6.07) is 12.0. The minimum Gasteiger partial charge on any atom is -0.328 e. The quantitative estimate of drug-likeness (QED) is 0.866. The molecule has 2 aromatic rings. The van der Waals surface area contributed by atoms with E-state index in [0.717, 1.165) is 33.8 Å². The van der Waals surface area contributed by atoms with Crippen LogP contribution in [0.25, 0.3) is 10.8 Å². The van der Waals surface area contributed by atoms with Crippen molar-refractivity contribution in [1.82, 2.24) is 0 Å². The van der Waals surface area contributed by atoms with Gasteiger partial charge >= 0.3 is 0 Å². The molecule has 0 radical (unpaired) electrons. The first-order valence-corrected chi connectivity index (χ1v) is 7.60. The lowest BCUT2D eigenvalue weighted by Gasteiger charge is -2.10. The molecule has 2 rings (SSSR count). The number of amides is 1. The number of benzene rings is 2. The van der Waals surface area contributed by atoms with Gasteiger partial charge in [0, 0.05) is 28.0 Å². The average Bonchev–Trinajstić information content (AvgIpc) is 2.42. The lowest BCUT2D eigenvalue weighted by molar-refractivity contribution is -0.116. The van der Waals surface area contributed by atoms with E-state index in [9.17, 15) is 4.79 Å². The van der Waals surface area contributed by atoms with Gasteiger partial charge in [0.15, 0.2) is 0 Å². The molecule has 3 nitrogen and oxygen atoms in total. The molecule has 1 atom stereocenters. The fraction of sp³-hybridized carbons (Fsp3) is 0.312. The number of halogens is 1. The molecule has 0 aliphatic rings. The third-order valence-corrected chi connectivity index (χ3v) is 3.90. The van der Waals surface area contributed by atoms with Crippen LogP contribution in [0.4, 0.5) is 5.69 Å². The van der Waals surface area contributed by atoms with E-state index in [2.05, 4.69) is 21.2 Å². The number of hydrogen-bond donors (Lipinski definition) is 2. The molecule has 0 aliphatic heterocycles. The summed E-state index contributed by atoms with van der Waals surface area (Å²) in [6.45, 7) is 1.96. The molecule has 0 heterocycles.